The highest BCUT2D eigenvalue weighted by atomic mass is 16.5. The van der Waals surface area contributed by atoms with E-state index in [0.29, 0.717) is 12.6 Å². The summed E-state index contributed by atoms with van der Waals surface area (Å²) in [4.78, 5) is 2.18. The van der Waals surface area contributed by atoms with Crippen LogP contribution in [0.3, 0.4) is 0 Å². The number of nitrogens with zero attached hydrogens (tertiary/aromatic N) is 2. The van der Waals surface area contributed by atoms with Crippen LogP contribution < -0.4 is 5.73 Å². The zero-order valence-corrected chi connectivity index (χ0v) is 12.0. The zero-order valence-electron chi connectivity index (χ0n) is 12.0. The van der Waals surface area contributed by atoms with Gasteiger partial charge in [-0.2, -0.15) is 0 Å². The van der Waals surface area contributed by atoms with Crippen LogP contribution in [0.1, 0.15) is 51.9 Å². The normalized spacial score (nSPS) is 27.3. The van der Waals surface area contributed by atoms with E-state index >= 15 is 0 Å². The molecule has 2 aliphatic rings. The Hall–Kier alpha value is -0.810. The number of ether oxygens (including phenoxy) is 1. The van der Waals surface area contributed by atoms with Gasteiger partial charge in [-0.15, -0.1) is 0 Å². The summed E-state index contributed by atoms with van der Waals surface area (Å²) in [6.07, 6.45) is 9.12. The maximum atomic E-state index is 8.64. The molecule has 1 aliphatic carbocycles. The van der Waals surface area contributed by atoms with Gasteiger partial charge in [-0.3, -0.25) is 4.90 Å². The third-order valence-corrected chi connectivity index (χ3v) is 4.53. The summed E-state index contributed by atoms with van der Waals surface area (Å²) < 4.78 is 6.35. The molecule has 0 aromatic rings. The molecular formula is C14H27N3O2. The van der Waals surface area contributed by atoms with Gasteiger partial charge in [0.1, 0.15) is 0 Å². The first-order valence-electron chi connectivity index (χ1n) is 7.54. The average Bonchev–Trinajstić information content (AvgIpc) is 2.81. The number of nitrogens with two attached hydrogens (primary N) is 1. The minimum Gasteiger partial charge on any atom is -0.409 e. The van der Waals surface area contributed by atoms with Gasteiger partial charge in [0, 0.05) is 6.54 Å². The van der Waals surface area contributed by atoms with Crippen LogP contribution in [-0.4, -0.2) is 47.3 Å². The Kier molecular flexibility index (Phi) is 5.05. The third kappa shape index (κ3) is 3.83. The molecule has 1 spiro atoms. The third-order valence-electron chi connectivity index (χ3n) is 4.53. The van der Waals surface area contributed by atoms with Crippen LogP contribution in [0.4, 0.5) is 0 Å². The molecular weight excluding hydrogens is 242 g/mol. The van der Waals surface area contributed by atoms with Gasteiger partial charge in [-0.1, -0.05) is 31.3 Å². The van der Waals surface area contributed by atoms with Crippen LogP contribution in [-0.2, 0) is 4.74 Å². The second-order valence-electron chi connectivity index (χ2n) is 5.94. The molecule has 0 amide bonds. The fraction of sp³-hybridized carbons (Fsp3) is 0.929. The van der Waals surface area contributed by atoms with E-state index in [1.54, 1.807) is 0 Å². The fourth-order valence-corrected chi connectivity index (χ4v) is 3.44. The van der Waals surface area contributed by atoms with Crippen molar-refractivity contribution in [2.24, 2.45) is 10.9 Å². The lowest BCUT2D eigenvalue weighted by atomic mass is 9.83. The van der Waals surface area contributed by atoms with Crippen molar-refractivity contribution in [3.63, 3.8) is 0 Å². The van der Waals surface area contributed by atoms with E-state index in [2.05, 4.69) is 17.0 Å². The van der Waals surface area contributed by atoms with Crippen LogP contribution >= 0.6 is 0 Å². The average molecular weight is 269 g/mol. The lowest BCUT2D eigenvalue weighted by Gasteiger charge is -2.34. The minimum atomic E-state index is 0.180. The molecule has 1 atom stereocenters. The highest BCUT2D eigenvalue weighted by Crippen LogP contribution is 2.41. The van der Waals surface area contributed by atoms with Crippen LogP contribution in [0.15, 0.2) is 5.16 Å². The maximum Gasteiger partial charge on any atom is 0.153 e. The Bertz CT molecular complexity index is 314. The highest BCUT2D eigenvalue weighted by Gasteiger charge is 2.40. The summed E-state index contributed by atoms with van der Waals surface area (Å²) in [5, 5.41) is 11.7. The largest absolute Gasteiger partial charge is 0.409 e. The monoisotopic (exact) mass is 269 g/mol. The molecule has 19 heavy (non-hydrogen) atoms. The van der Waals surface area contributed by atoms with E-state index < -0.39 is 0 Å². The topological polar surface area (TPSA) is 71.1 Å². The number of amidine groups is 1. The Morgan fingerprint density at radius 1 is 1.37 bits per heavy atom. The summed E-state index contributed by atoms with van der Waals surface area (Å²) in [6, 6.07) is 0. The van der Waals surface area contributed by atoms with Crippen LogP contribution in [0.25, 0.3) is 0 Å². The number of hydrogen-bond acceptors (Lipinski definition) is 4. The summed E-state index contributed by atoms with van der Waals surface area (Å²) >= 11 is 0. The Morgan fingerprint density at radius 3 is 2.74 bits per heavy atom. The van der Waals surface area contributed by atoms with E-state index in [0.717, 1.165) is 19.5 Å². The molecule has 1 aliphatic heterocycles. The van der Waals surface area contributed by atoms with Gasteiger partial charge in [-0.25, -0.2) is 0 Å². The fourth-order valence-electron chi connectivity index (χ4n) is 3.44. The van der Waals surface area contributed by atoms with Crippen molar-refractivity contribution in [3.8, 4) is 0 Å². The highest BCUT2D eigenvalue weighted by molar-refractivity contribution is 5.81. The second-order valence-corrected chi connectivity index (χ2v) is 5.94. The Labute approximate surface area is 115 Å². The van der Waals surface area contributed by atoms with Crippen LogP contribution in [0.5, 0.6) is 0 Å². The molecule has 1 saturated carbocycles. The standard InChI is InChI=1S/C14H27N3O2/c1-2-17(11-13(15)16-18)10-12-6-9-14(19-12)7-4-3-5-8-14/h12,18H,2-11H2,1H3,(H2,15,16). The summed E-state index contributed by atoms with van der Waals surface area (Å²) in [5.41, 5.74) is 5.76. The number of rotatable bonds is 5. The van der Waals surface area contributed by atoms with Gasteiger partial charge in [0.15, 0.2) is 5.84 Å². The lowest BCUT2D eigenvalue weighted by molar-refractivity contribution is -0.0706. The zero-order chi connectivity index (χ0) is 13.7. The number of likely N-dealkylation sites (N-methyl/N-ethyl adjacent to an activating group) is 1. The van der Waals surface area contributed by atoms with Crippen molar-refractivity contribution < 1.29 is 9.94 Å². The van der Waals surface area contributed by atoms with Crippen LogP contribution in [0, 0.1) is 0 Å². The second kappa shape index (κ2) is 6.57. The van der Waals surface area contributed by atoms with Crippen molar-refractivity contribution in [1.82, 2.24) is 4.90 Å². The first kappa shape index (κ1) is 14.6. The van der Waals surface area contributed by atoms with Gasteiger partial charge in [-0.05, 0) is 32.2 Å². The molecule has 3 N–H and O–H groups in total. The predicted octanol–water partition coefficient (Wildman–Crippen LogP) is 1.94. The Balaban J connectivity index is 1.83. The smallest absolute Gasteiger partial charge is 0.153 e. The molecule has 2 fully saturated rings. The quantitative estimate of drug-likeness (QED) is 0.346. The van der Waals surface area contributed by atoms with E-state index in [9.17, 15) is 0 Å². The molecule has 0 aromatic heterocycles. The van der Waals surface area contributed by atoms with Gasteiger partial charge >= 0.3 is 0 Å². The molecule has 5 heteroatoms. The van der Waals surface area contributed by atoms with Crippen molar-refractivity contribution in [2.75, 3.05) is 19.6 Å². The van der Waals surface area contributed by atoms with Gasteiger partial charge in [0.05, 0.1) is 18.2 Å². The van der Waals surface area contributed by atoms with Crippen molar-refractivity contribution in [1.29, 1.82) is 0 Å². The maximum absolute atomic E-state index is 8.64. The van der Waals surface area contributed by atoms with Gasteiger partial charge in [0.2, 0.25) is 0 Å². The molecule has 1 saturated heterocycles. The van der Waals surface area contributed by atoms with E-state index in [1.807, 2.05) is 0 Å². The molecule has 5 nitrogen and oxygen atoms in total. The van der Waals surface area contributed by atoms with Crippen LogP contribution in [0.2, 0.25) is 0 Å². The predicted molar refractivity (Wildman–Crippen MR) is 75.4 cm³/mol. The molecule has 1 unspecified atom stereocenters. The van der Waals surface area contributed by atoms with E-state index in [-0.39, 0.29) is 11.4 Å². The van der Waals surface area contributed by atoms with Crippen molar-refractivity contribution in [2.45, 2.75) is 63.6 Å². The number of oxime groups is 1. The van der Waals surface area contributed by atoms with Crippen molar-refractivity contribution in [3.05, 3.63) is 0 Å². The van der Waals surface area contributed by atoms with Gasteiger partial charge in [0.25, 0.3) is 0 Å². The van der Waals surface area contributed by atoms with Gasteiger partial charge < -0.3 is 15.7 Å². The Morgan fingerprint density at radius 2 is 2.11 bits per heavy atom. The van der Waals surface area contributed by atoms with E-state index in [4.69, 9.17) is 15.7 Å². The molecule has 0 bridgehead atoms. The van der Waals surface area contributed by atoms with E-state index in [1.165, 1.54) is 38.5 Å². The SMILES string of the molecule is CCN(CC(N)=NO)CC1CCC2(CCCCC2)O1. The summed E-state index contributed by atoms with van der Waals surface area (Å²) in [6.45, 7) is 4.38. The lowest BCUT2D eigenvalue weighted by Crippen LogP contribution is -2.40. The first-order chi connectivity index (χ1) is 9.17. The molecule has 1 heterocycles. The number of hydrogen-bond donors (Lipinski definition) is 2. The summed E-state index contributed by atoms with van der Waals surface area (Å²) in [7, 11) is 0. The molecule has 0 radical (unpaired) electrons. The molecule has 2 rings (SSSR count). The first-order valence-corrected chi connectivity index (χ1v) is 7.54. The molecule has 0 aromatic carbocycles. The summed E-state index contributed by atoms with van der Waals surface area (Å²) in [5.74, 6) is 0.271. The molecule has 110 valence electrons. The van der Waals surface area contributed by atoms with Crippen molar-refractivity contribution >= 4 is 5.84 Å². The minimum absolute atomic E-state index is 0.180.